The number of anilines is 1. The molecule has 1 saturated heterocycles. The highest BCUT2D eigenvalue weighted by Gasteiger charge is 2.59. The van der Waals surface area contributed by atoms with Crippen molar-refractivity contribution in [2.75, 3.05) is 5.32 Å². The zero-order valence-electron chi connectivity index (χ0n) is 11.2. The minimum absolute atomic E-state index is 0.321. The number of aliphatic carboxylic acids is 1. The van der Waals surface area contributed by atoms with Gasteiger partial charge in [0.05, 0.1) is 17.6 Å². The summed E-state index contributed by atoms with van der Waals surface area (Å²) in [5.41, 5.74) is -0.189. The minimum Gasteiger partial charge on any atom is -0.481 e. The molecule has 0 saturated carbocycles. The largest absolute Gasteiger partial charge is 0.481 e. The maximum atomic E-state index is 12.5. The van der Waals surface area contributed by atoms with Gasteiger partial charge in [-0.15, -0.1) is 0 Å². The molecule has 1 amide bonds. The molecule has 110 valence electrons. The molecule has 0 unspecified atom stereocenters. The van der Waals surface area contributed by atoms with Crippen LogP contribution >= 0.6 is 22.6 Å². The lowest BCUT2D eigenvalue weighted by atomic mass is 9.75. The predicted octanol–water partition coefficient (Wildman–Crippen LogP) is 2.27. The second kappa shape index (κ2) is 5.10. The van der Waals surface area contributed by atoms with Gasteiger partial charge in [0, 0.05) is 9.26 Å². The number of nitrogens with one attached hydrogen (secondary N) is 1. The summed E-state index contributed by atoms with van der Waals surface area (Å²) in [5.74, 6) is -2.90. The van der Waals surface area contributed by atoms with Gasteiger partial charge >= 0.3 is 5.97 Å². The number of hydrogen-bond donors (Lipinski definition) is 2. The number of rotatable bonds is 3. The van der Waals surface area contributed by atoms with Gasteiger partial charge in [0.2, 0.25) is 5.91 Å². The Kier molecular flexibility index (Phi) is 3.53. The Morgan fingerprint density at radius 1 is 1.43 bits per heavy atom. The number of carboxylic acid groups (broad SMARTS) is 1. The molecular formula is C15H14INO4. The molecule has 2 aliphatic heterocycles. The van der Waals surface area contributed by atoms with Crippen LogP contribution in [-0.4, -0.2) is 28.7 Å². The normalized spacial score (nSPS) is 33.1. The van der Waals surface area contributed by atoms with Crippen LogP contribution in [0.25, 0.3) is 0 Å². The maximum absolute atomic E-state index is 12.5. The summed E-state index contributed by atoms with van der Waals surface area (Å²) in [6, 6.07) is 7.37. The van der Waals surface area contributed by atoms with Crippen molar-refractivity contribution < 1.29 is 19.4 Å². The van der Waals surface area contributed by atoms with Crippen molar-refractivity contribution >= 4 is 40.2 Å². The van der Waals surface area contributed by atoms with Crippen LogP contribution in [0.5, 0.6) is 0 Å². The quantitative estimate of drug-likeness (QED) is 0.604. The second-order valence-corrected chi connectivity index (χ2v) is 6.71. The Balaban J connectivity index is 1.86. The molecule has 3 rings (SSSR count). The third-order valence-electron chi connectivity index (χ3n) is 4.00. The van der Waals surface area contributed by atoms with E-state index in [1.807, 2.05) is 18.2 Å². The van der Waals surface area contributed by atoms with Crippen molar-refractivity contribution in [1.82, 2.24) is 0 Å². The summed E-state index contributed by atoms with van der Waals surface area (Å²) < 4.78 is 6.67. The van der Waals surface area contributed by atoms with Crippen molar-refractivity contribution in [1.29, 1.82) is 0 Å². The van der Waals surface area contributed by atoms with Crippen LogP contribution in [0.15, 0.2) is 36.4 Å². The van der Waals surface area contributed by atoms with E-state index in [2.05, 4.69) is 27.9 Å². The minimum atomic E-state index is -1.00. The molecule has 0 radical (unpaired) electrons. The monoisotopic (exact) mass is 399 g/mol. The summed E-state index contributed by atoms with van der Waals surface area (Å²) in [6.07, 6.45) is 2.99. The Bertz CT molecular complexity index is 644. The Hall–Kier alpha value is -1.41. The summed E-state index contributed by atoms with van der Waals surface area (Å²) in [6.45, 7) is 1.76. The van der Waals surface area contributed by atoms with Crippen molar-refractivity contribution in [3.8, 4) is 0 Å². The fourth-order valence-corrected chi connectivity index (χ4v) is 3.61. The van der Waals surface area contributed by atoms with Crippen LogP contribution in [0.2, 0.25) is 0 Å². The average Bonchev–Trinajstić information content (AvgIpc) is 2.91. The van der Waals surface area contributed by atoms with E-state index in [1.165, 1.54) is 0 Å². The molecule has 21 heavy (non-hydrogen) atoms. The first-order valence-corrected chi connectivity index (χ1v) is 7.65. The predicted molar refractivity (Wildman–Crippen MR) is 84.8 cm³/mol. The molecule has 2 N–H and O–H groups in total. The van der Waals surface area contributed by atoms with Crippen LogP contribution in [0.1, 0.15) is 6.92 Å². The van der Waals surface area contributed by atoms with E-state index in [0.29, 0.717) is 5.69 Å². The van der Waals surface area contributed by atoms with Crippen LogP contribution in [0, 0.1) is 15.4 Å². The highest BCUT2D eigenvalue weighted by Crippen LogP contribution is 2.47. The fourth-order valence-electron chi connectivity index (χ4n) is 3.07. The number of halogens is 1. The highest BCUT2D eigenvalue weighted by atomic mass is 127. The number of carboxylic acids is 1. The lowest BCUT2D eigenvalue weighted by Crippen LogP contribution is -2.44. The molecule has 4 atom stereocenters. The van der Waals surface area contributed by atoms with Gasteiger partial charge in [0.1, 0.15) is 5.92 Å². The molecule has 2 bridgehead atoms. The molecule has 2 aliphatic rings. The van der Waals surface area contributed by atoms with Gasteiger partial charge < -0.3 is 15.2 Å². The zero-order chi connectivity index (χ0) is 15.2. The van der Waals surface area contributed by atoms with Crippen LogP contribution in [-0.2, 0) is 14.3 Å². The second-order valence-electron chi connectivity index (χ2n) is 5.47. The summed E-state index contributed by atoms with van der Waals surface area (Å²) in [4.78, 5) is 24.0. The van der Waals surface area contributed by atoms with E-state index < -0.39 is 29.5 Å². The molecule has 0 spiro atoms. The van der Waals surface area contributed by atoms with Crippen LogP contribution in [0.4, 0.5) is 5.69 Å². The van der Waals surface area contributed by atoms with Gasteiger partial charge in [-0.3, -0.25) is 9.59 Å². The van der Waals surface area contributed by atoms with Gasteiger partial charge in [-0.2, -0.15) is 0 Å². The smallest absolute Gasteiger partial charge is 0.310 e. The number of fused-ring (bicyclic) bond motifs is 2. The van der Waals surface area contributed by atoms with E-state index in [1.54, 1.807) is 25.1 Å². The van der Waals surface area contributed by atoms with Crippen molar-refractivity contribution in [2.24, 2.45) is 11.8 Å². The number of carbonyl (C=O) groups excluding carboxylic acids is 1. The standard InChI is InChI=1S/C15H14INO4/c1-15-6-5-10(21-15)11(14(19)20)12(15)13(18)17-9-4-2-3-8(16)7-9/h2-7,10-12H,1H3,(H,17,18)(H,19,20)/t10-,11+,12+,15+/m1/s1. The summed E-state index contributed by atoms with van der Waals surface area (Å²) >= 11 is 2.16. The number of hydrogen-bond acceptors (Lipinski definition) is 3. The number of amides is 1. The highest BCUT2D eigenvalue weighted by molar-refractivity contribution is 14.1. The first kappa shape index (κ1) is 14.5. The zero-order valence-corrected chi connectivity index (χ0v) is 13.4. The lowest BCUT2D eigenvalue weighted by Gasteiger charge is -2.27. The third kappa shape index (κ3) is 2.46. The third-order valence-corrected chi connectivity index (χ3v) is 4.67. The molecule has 1 aromatic rings. The summed E-state index contributed by atoms with van der Waals surface area (Å²) in [7, 11) is 0. The molecule has 1 aromatic carbocycles. The SMILES string of the molecule is C[C@@]12C=C[C@@H](O1)[C@H](C(=O)O)[C@H]2C(=O)Nc1cccc(I)c1. The van der Waals surface area contributed by atoms with Gasteiger partial charge in [-0.05, 0) is 47.7 Å². The van der Waals surface area contributed by atoms with Gasteiger partial charge in [-0.25, -0.2) is 0 Å². The van der Waals surface area contributed by atoms with Gasteiger partial charge in [-0.1, -0.05) is 18.2 Å². The van der Waals surface area contributed by atoms with E-state index in [-0.39, 0.29) is 5.91 Å². The number of carbonyl (C=O) groups is 2. The van der Waals surface area contributed by atoms with Gasteiger partial charge in [0.15, 0.2) is 0 Å². The van der Waals surface area contributed by atoms with Crippen molar-refractivity contribution in [3.63, 3.8) is 0 Å². The first-order valence-electron chi connectivity index (χ1n) is 6.57. The first-order chi connectivity index (χ1) is 9.90. The van der Waals surface area contributed by atoms with E-state index in [9.17, 15) is 14.7 Å². The Labute approximate surface area is 135 Å². The molecular weight excluding hydrogens is 385 g/mol. The molecule has 5 nitrogen and oxygen atoms in total. The molecule has 0 aromatic heterocycles. The molecule has 2 heterocycles. The molecule has 6 heteroatoms. The van der Waals surface area contributed by atoms with Gasteiger partial charge in [0.25, 0.3) is 0 Å². The molecule has 1 fully saturated rings. The van der Waals surface area contributed by atoms with Crippen molar-refractivity contribution in [3.05, 3.63) is 40.0 Å². The Morgan fingerprint density at radius 2 is 2.19 bits per heavy atom. The number of benzene rings is 1. The van der Waals surface area contributed by atoms with E-state index >= 15 is 0 Å². The maximum Gasteiger partial charge on any atom is 0.310 e. The average molecular weight is 399 g/mol. The lowest BCUT2D eigenvalue weighted by molar-refractivity contribution is -0.146. The van der Waals surface area contributed by atoms with E-state index in [4.69, 9.17) is 4.74 Å². The van der Waals surface area contributed by atoms with Crippen LogP contribution in [0.3, 0.4) is 0 Å². The topological polar surface area (TPSA) is 75.6 Å². The van der Waals surface area contributed by atoms with Crippen LogP contribution < -0.4 is 5.32 Å². The van der Waals surface area contributed by atoms with Crippen molar-refractivity contribution in [2.45, 2.75) is 18.6 Å². The van der Waals surface area contributed by atoms with E-state index in [0.717, 1.165) is 3.57 Å². The fraction of sp³-hybridized carbons (Fsp3) is 0.333. The summed E-state index contributed by atoms with van der Waals surface area (Å²) in [5, 5.41) is 12.2. The molecule has 0 aliphatic carbocycles. The Morgan fingerprint density at radius 3 is 2.86 bits per heavy atom. The number of ether oxygens (including phenoxy) is 1.